The van der Waals surface area contributed by atoms with Gasteiger partial charge in [-0.05, 0) is 94.9 Å². The monoisotopic (exact) mass is 902 g/mol. The molecule has 8 amide bonds. The number of urea groups is 1. The molecule has 0 aliphatic carbocycles. The number of ether oxygens (including phenoxy) is 2. The Morgan fingerprint density at radius 2 is 1.56 bits per heavy atom. The minimum Gasteiger partial charge on any atom is -0.508 e. The third-order valence-electron chi connectivity index (χ3n) is 11.0. The van der Waals surface area contributed by atoms with Gasteiger partial charge in [-0.1, -0.05) is 38.8 Å². The molecule has 10 N–H and O–H groups in total. The molecule has 0 radical (unpaired) electrons. The molecule has 19 nitrogen and oxygen atoms in total. The van der Waals surface area contributed by atoms with Gasteiger partial charge in [-0.25, -0.2) is 9.59 Å². The van der Waals surface area contributed by atoms with Crippen molar-refractivity contribution in [1.82, 2.24) is 37.2 Å². The van der Waals surface area contributed by atoms with Crippen molar-refractivity contribution in [2.45, 2.75) is 152 Å². The lowest BCUT2D eigenvalue weighted by atomic mass is 10.0. The van der Waals surface area contributed by atoms with Crippen LogP contribution in [0.4, 0.5) is 4.79 Å². The highest BCUT2D eigenvalue weighted by atomic mass is 32.2. The van der Waals surface area contributed by atoms with Crippen molar-refractivity contribution in [3.8, 4) is 5.75 Å². The molecule has 1 aromatic rings. The zero-order valence-electron chi connectivity index (χ0n) is 36.5. The van der Waals surface area contributed by atoms with Gasteiger partial charge in [0, 0.05) is 30.4 Å². The Labute approximate surface area is 373 Å². The minimum atomic E-state index is -1.08. The van der Waals surface area contributed by atoms with Gasteiger partial charge in [0.05, 0.1) is 24.7 Å². The van der Waals surface area contributed by atoms with Gasteiger partial charge in [0.25, 0.3) is 5.91 Å². The number of phenolic OH excluding ortho intramolecular Hbond substituents is 1. The van der Waals surface area contributed by atoms with E-state index in [-0.39, 0.29) is 67.5 Å². The van der Waals surface area contributed by atoms with Gasteiger partial charge in [0.15, 0.2) is 12.2 Å². The van der Waals surface area contributed by atoms with Crippen molar-refractivity contribution in [3.05, 3.63) is 29.8 Å². The number of phenols is 1. The van der Waals surface area contributed by atoms with E-state index in [4.69, 9.17) is 15.2 Å². The first-order chi connectivity index (χ1) is 30.1. The van der Waals surface area contributed by atoms with Crippen LogP contribution in [0.5, 0.6) is 5.75 Å². The summed E-state index contributed by atoms with van der Waals surface area (Å²) < 4.78 is 10.1. The van der Waals surface area contributed by atoms with Crippen molar-refractivity contribution in [1.29, 1.82) is 0 Å². The number of aromatic hydroxyl groups is 1. The van der Waals surface area contributed by atoms with Gasteiger partial charge in [-0.2, -0.15) is 11.8 Å². The quantitative estimate of drug-likeness (QED) is 0.0235. The summed E-state index contributed by atoms with van der Waals surface area (Å²) in [5.74, 6) is -2.70. The maximum Gasteiger partial charge on any atom is 0.338 e. The number of hydrogen-bond donors (Lipinski definition) is 9. The van der Waals surface area contributed by atoms with E-state index < -0.39 is 59.9 Å². The summed E-state index contributed by atoms with van der Waals surface area (Å²) in [5, 5.41) is 29.9. The second-order valence-corrected chi connectivity index (χ2v) is 18.0. The Morgan fingerprint density at radius 1 is 0.857 bits per heavy atom. The molecule has 8 atom stereocenters. The molecule has 3 aliphatic heterocycles. The summed E-state index contributed by atoms with van der Waals surface area (Å²) >= 11 is 1.86. The van der Waals surface area contributed by atoms with Crippen molar-refractivity contribution < 1.29 is 52.9 Å². The number of primary amides is 1. The highest BCUT2D eigenvalue weighted by Gasteiger charge is 2.52. The first kappa shape index (κ1) is 50.7. The van der Waals surface area contributed by atoms with E-state index in [2.05, 4.69) is 37.2 Å². The van der Waals surface area contributed by atoms with Gasteiger partial charge < -0.3 is 52.2 Å². The number of carbonyl (C=O) groups excluding carboxylic acids is 8. The molecule has 350 valence electrons. The fraction of sp³-hybridized carbons (Fsp3) is 0.674. The topological polar surface area (TPSA) is 289 Å². The van der Waals surface area contributed by atoms with Crippen LogP contribution in [0.2, 0.25) is 0 Å². The lowest BCUT2D eigenvalue weighted by Crippen LogP contribution is -2.54. The maximum absolute atomic E-state index is 13.5. The highest BCUT2D eigenvalue weighted by molar-refractivity contribution is 8.00. The molecule has 0 spiro atoms. The van der Waals surface area contributed by atoms with Crippen molar-refractivity contribution in [2.75, 3.05) is 25.4 Å². The van der Waals surface area contributed by atoms with Gasteiger partial charge in [0.1, 0.15) is 17.8 Å². The van der Waals surface area contributed by atoms with Gasteiger partial charge >= 0.3 is 12.0 Å². The highest BCUT2D eigenvalue weighted by Crippen LogP contribution is 2.33. The van der Waals surface area contributed by atoms with Crippen molar-refractivity contribution in [3.63, 3.8) is 0 Å². The Balaban J connectivity index is 1.12. The number of unbranched alkanes of at least 4 members (excludes halogenated alkanes) is 4. The average molecular weight is 903 g/mol. The first-order valence-corrected chi connectivity index (χ1v) is 23.2. The van der Waals surface area contributed by atoms with E-state index in [1.54, 1.807) is 19.1 Å². The number of imide groups is 1. The van der Waals surface area contributed by atoms with Gasteiger partial charge in [0.2, 0.25) is 29.5 Å². The van der Waals surface area contributed by atoms with E-state index in [0.29, 0.717) is 63.3 Å². The van der Waals surface area contributed by atoms with Crippen LogP contribution in [0.1, 0.15) is 103 Å². The van der Waals surface area contributed by atoms with E-state index in [0.717, 1.165) is 30.6 Å². The minimum absolute atomic E-state index is 0.0300. The molecule has 3 saturated heterocycles. The number of hydrogen-bond acceptors (Lipinski definition) is 13. The Kier molecular flexibility index (Phi) is 20.9. The van der Waals surface area contributed by atoms with E-state index in [1.165, 1.54) is 12.1 Å². The second-order valence-electron chi connectivity index (χ2n) is 16.7. The number of nitrogens with two attached hydrogens (primary N) is 1. The van der Waals surface area contributed by atoms with Gasteiger partial charge in [-0.15, -0.1) is 0 Å². The Bertz CT molecular complexity index is 1730. The summed E-state index contributed by atoms with van der Waals surface area (Å²) in [5.41, 5.74) is 6.29. The summed E-state index contributed by atoms with van der Waals surface area (Å²) in [6.45, 7) is 6.30. The molecule has 1 aromatic carbocycles. The lowest BCUT2D eigenvalue weighted by molar-refractivity contribution is -0.144. The largest absolute Gasteiger partial charge is 0.508 e. The lowest BCUT2D eigenvalue weighted by Gasteiger charge is -2.22. The van der Waals surface area contributed by atoms with E-state index >= 15 is 0 Å². The number of esters is 1. The number of fused-ring (bicyclic) bond motifs is 1. The van der Waals surface area contributed by atoms with E-state index in [9.17, 15) is 43.5 Å². The molecule has 20 heteroatoms. The molecule has 0 bridgehead atoms. The van der Waals surface area contributed by atoms with Crippen molar-refractivity contribution in [2.24, 2.45) is 11.7 Å². The van der Waals surface area contributed by atoms with Crippen LogP contribution < -0.4 is 43.0 Å². The van der Waals surface area contributed by atoms with E-state index in [1.807, 2.05) is 25.6 Å². The van der Waals surface area contributed by atoms with Crippen LogP contribution in [0.25, 0.3) is 0 Å². The molecule has 63 heavy (non-hydrogen) atoms. The SMILES string of the molecule is CCOC(=O)[C@@H]1O[C@@H]1C(=O)N[C@@H](CC(C)C)C(=O)NC(=O)[C@H](Cc1ccc(O)cc1)NCCCCCC(=O)N[C@@H](CCCCNC(=O)CCCC[C@@H]1SC[C@@H]2NC(=O)N[C@@H]21)C(N)=O. The maximum atomic E-state index is 13.5. The van der Waals surface area contributed by atoms with Crippen LogP contribution in [0.15, 0.2) is 24.3 Å². The Morgan fingerprint density at radius 3 is 2.27 bits per heavy atom. The molecular weight excluding hydrogens is 837 g/mol. The number of thioether (sulfide) groups is 1. The normalized spacial score (nSPS) is 21.2. The molecule has 0 unspecified atom stereocenters. The van der Waals surface area contributed by atoms with Crippen LogP contribution >= 0.6 is 11.8 Å². The standard InChI is InChI=1S/C43H66N8O11S/c1-4-61-42(59)37-36(62-37)41(58)48-30(22-25(2)3)40(57)51-39(56)29(23-26-16-18-27(52)19-17-26)45-20-10-5-6-15-34(54)47-28(38(44)55)12-9-11-21-46-33(53)14-8-7-13-32-35-31(24-63-32)49-43(60)50-35/h16-19,25,28-32,35-37,45,52H,4-15,20-24H2,1-3H3,(H2,44,55)(H,46,53)(H,47,54)(H,48,58)(H2,49,50,60)(H,51,56,57)/t28-,29-,30-,31-,32-,35-,36-,37+/m0/s1. The number of rotatable bonds is 29. The van der Waals surface area contributed by atoms with Crippen molar-refractivity contribution >= 4 is 59.2 Å². The zero-order valence-corrected chi connectivity index (χ0v) is 37.4. The predicted molar refractivity (Wildman–Crippen MR) is 234 cm³/mol. The molecular formula is C43H66N8O11S. The molecule has 0 aromatic heterocycles. The average Bonchev–Trinajstić information content (AvgIpc) is 3.84. The number of epoxide rings is 1. The number of nitrogens with one attached hydrogen (secondary N) is 7. The van der Waals surface area contributed by atoms with Gasteiger partial charge in [-0.3, -0.25) is 34.1 Å². The molecule has 4 rings (SSSR count). The molecule has 3 heterocycles. The van der Waals surface area contributed by atoms with Crippen LogP contribution in [-0.2, 0) is 49.5 Å². The molecule has 3 fully saturated rings. The summed E-state index contributed by atoms with van der Waals surface area (Å²) in [7, 11) is 0. The predicted octanol–water partition coefficient (Wildman–Crippen LogP) is 0.940. The number of carbonyl (C=O) groups is 8. The number of benzene rings is 1. The smallest absolute Gasteiger partial charge is 0.338 e. The Hall–Kier alpha value is -4.95. The summed E-state index contributed by atoms with van der Waals surface area (Å²) in [4.78, 5) is 100. The van der Waals surface area contributed by atoms with Crippen LogP contribution in [-0.4, -0.2) is 126 Å². The van der Waals surface area contributed by atoms with Crippen LogP contribution in [0, 0.1) is 5.92 Å². The third kappa shape index (κ3) is 17.6. The second kappa shape index (κ2) is 26.0. The zero-order chi connectivity index (χ0) is 45.9. The number of amides is 8. The summed E-state index contributed by atoms with van der Waals surface area (Å²) in [6, 6.07) is 3.79. The molecule has 3 aliphatic rings. The molecule has 0 saturated carbocycles. The van der Waals surface area contributed by atoms with Crippen LogP contribution in [0.3, 0.4) is 0 Å². The fourth-order valence-corrected chi connectivity index (χ4v) is 9.12. The fourth-order valence-electron chi connectivity index (χ4n) is 7.57. The summed E-state index contributed by atoms with van der Waals surface area (Å²) in [6.07, 6.45) is 4.70. The third-order valence-corrected chi connectivity index (χ3v) is 12.5. The first-order valence-electron chi connectivity index (χ1n) is 22.2.